The van der Waals surface area contributed by atoms with Gasteiger partial charge in [0.25, 0.3) is 0 Å². The molecule has 1 aromatic heterocycles. The van der Waals surface area contributed by atoms with Crippen molar-refractivity contribution >= 4 is 45.3 Å². The van der Waals surface area contributed by atoms with E-state index in [1.807, 2.05) is 13.2 Å². The van der Waals surface area contributed by atoms with Gasteiger partial charge in [-0.1, -0.05) is 0 Å². The van der Waals surface area contributed by atoms with Crippen molar-refractivity contribution in [3.05, 3.63) is 22.8 Å². The summed E-state index contributed by atoms with van der Waals surface area (Å²) in [6, 6.07) is 3.47. The van der Waals surface area contributed by atoms with Gasteiger partial charge in [-0.3, -0.25) is 9.59 Å². The molecule has 0 aliphatic rings. The van der Waals surface area contributed by atoms with Crippen LogP contribution in [0.1, 0.15) is 6.92 Å². The molecule has 1 heterocycles. The van der Waals surface area contributed by atoms with Gasteiger partial charge in [-0.25, -0.2) is 4.98 Å². The van der Waals surface area contributed by atoms with Crippen LogP contribution < -0.4 is 5.32 Å². The number of carbonyl (C=O) groups is 2. The Hall–Kier alpha value is -1.08. The Morgan fingerprint density at radius 3 is 2.74 bits per heavy atom. The third-order valence-electron chi connectivity index (χ3n) is 2.45. The van der Waals surface area contributed by atoms with Crippen molar-refractivity contribution in [1.29, 1.82) is 0 Å². The van der Waals surface area contributed by atoms with E-state index in [0.29, 0.717) is 5.82 Å². The van der Waals surface area contributed by atoms with Gasteiger partial charge in [-0.15, -0.1) is 0 Å². The minimum Gasteiger partial charge on any atom is -0.335 e. The third-order valence-corrected chi connectivity index (χ3v) is 3.83. The minimum atomic E-state index is -0.265. The first kappa shape index (κ1) is 16.0. The molecule has 0 bridgehead atoms. The lowest BCUT2D eigenvalue weighted by Crippen LogP contribution is -2.38. The number of pyridine rings is 1. The van der Waals surface area contributed by atoms with E-state index in [0.717, 1.165) is 4.47 Å². The lowest BCUT2D eigenvalue weighted by molar-refractivity contribution is -0.132. The lowest BCUT2D eigenvalue weighted by atomic mass is 10.4. The Kier molecular flexibility index (Phi) is 6.30. The quantitative estimate of drug-likeness (QED) is 0.886. The molecule has 1 rings (SSSR count). The second-order valence-electron chi connectivity index (χ2n) is 3.98. The summed E-state index contributed by atoms with van der Waals surface area (Å²) in [7, 11) is 1.61. The number of hydrogen-bond donors (Lipinski definition) is 1. The number of nitrogens with one attached hydrogen (secondary N) is 1. The van der Waals surface area contributed by atoms with Crippen LogP contribution >= 0.6 is 27.7 Å². The largest absolute Gasteiger partial charge is 0.335 e. The average molecular weight is 346 g/mol. The average Bonchev–Trinajstić information content (AvgIpc) is 2.39. The highest BCUT2D eigenvalue weighted by Crippen LogP contribution is 2.11. The summed E-state index contributed by atoms with van der Waals surface area (Å²) in [4.78, 5) is 29.0. The first-order valence-electron chi connectivity index (χ1n) is 5.63. The molecule has 0 unspecified atom stereocenters. The van der Waals surface area contributed by atoms with Gasteiger partial charge in [-0.05, 0) is 41.2 Å². The highest BCUT2D eigenvalue weighted by Gasteiger charge is 2.18. The van der Waals surface area contributed by atoms with E-state index in [1.54, 1.807) is 25.4 Å². The molecule has 0 spiro atoms. The standard InChI is InChI=1S/C12H16BrN3O2S/c1-8(19-3)12(18)16(2)7-11(17)15-10-5-4-9(13)6-14-10/h4-6,8H,7H2,1-3H3,(H,14,15,17)/t8-/m1/s1. The Labute approximate surface area is 125 Å². The number of thioether (sulfide) groups is 1. The van der Waals surface area contributed by atoms with Crippen molar-refractivity contribution < 1.29 is 9.59 Å². The summed E-state index contributed by atoms with van der Waals surface area (Å²) >= 11 is 4.72. The molecule has 0 aliphatic heterocycles. The summed E-state index contributed by atoms with van der Waals surface area (Å²) in [5.74, 6) is 0.136. The molecule has 0 aliphatic carbocycles. The Balaban J connectivity index is 2.51. The molecule has 1 aromatic rings. The Morgan fingerprint density at radius 1 is 1.53 bits per heavy atom. The summed E-state index contributed by atoms with van der Waals surface area (Å²) in [5.41, 5.74) is 0. The summed E-state index contributed by atoms with van der Waals surface area (Å²) in [5, 5.41) is 2.49. The van der Waals surface area contributed by atoms with E-state index >= 15 is 0 Å². The van der Waals surface area contributed by atoms with Crippen LogP contribution in [0.3, 0.4) is 0 Å². The molecule has 0 fully saturated rings. The predicted octanol–water partition coefficient (Wildman–Crippen LogP) is 1.99. The van der Waals surface area contributed by atoms with Crippen LogP contribution in [-0.2, 0) is 9.59 Å². The zero-order valence-corrected chi connectivity index (χ0v) is 13.4. The van der Waals surface area contributed by atoms with Gasteiger partial charge >= 0.3 is 0 Å². The van der Waals surface area contributed by atoms with Gasteiger partial charge in [0.05, 0.1) is 11.8 Å². The first-order valence-corrected chi connectivity index (χ1v) is 7.71. The Bertz CT molecular complexity index is 453. The number of aromatic nitrogens is 1. The molecule has 1 N–H and O–H groups in total. The number of rotatable bonds is 5. The van der Waals surface area contributed by atoms with E-state index in [2.05, 4.69) is 26.2 Å². The number of anilines is 1. The van der Waals surface area contributed by atoms with E-state index in [9.17, 15) is 9.59 Å². The van der Waals surface area contributed by atoms with Crippen molar-refractivity contribution in [2.45, 2.75) is 12.2 Å². The van der Waals surface area contributed by atoms with Crippen LogP contribution in [0.4, 0.5) is 5.82 Å². The second kappa shape index (κ2) is 7.49. The molecule has 5 nitrogen and oxygen atoms in total. The van der Waals surface area contributed by atoms with Gasteiger partial charge in [0, 0.05) is 17.7 Å². The number of nitrogens with zero attached hydrogens (tertiary/aromatic N) is 2. The monoisotopic (exact) mass is 345 g/mol. The fourth-order valence-corrected chi connectivity index (χ4v) is 1.95. The molecule has 0 radical (unpaired) electrons. The van der Waals surface area contributed by atoms with Crippen LogP contribution in [0.25, 0.3) is 0 Å². The fourth-order valence-electron chi connectivity index (χ4n) is 1.34. The summed E-state index contributed by atoms with van der Waals surface area (Å²) in [6.45, 7) is 1.83. The fraction of sp³-hybridized carbons (Fsp3) is 0.417. The SMILES string of the molecule is CS[C@H](C)C(=O)N(C)CC(=O)Nc1ccc(Br)cn1. The molecular formula is C12H16BrN3O2S. The second-order valence-corrected chi connectivity index (χ2v) is 6.08. The number of likely N-dealkylation sites (N-methyl/N-ethyl adjacent to an activating group) is 1. The molecule has 104 valence electrons. The zero-order valence-electron chi connectivity index (χ0n) is 11.0. The van der Waals surface area contributed by atoms with Crippen LogP contribution in [-0.4, -0.2) is 46.8 Å². The smallest absolute Gasteiger partial charge is 0.245 e. The van der Waals surface area contributed by atoms with E-state index in [-0.39, 0.29) is 23.6 Å². The van der Waals surface area contributed by atoms with E-state index in [4.69, 9.17) is 0 Å². The van der Waals surface area contributed by atoms with Crippen molar-refractivity contribution in [3.63, 3.8) is 0 Å². The maximum absolute atomic E-state index is 11.8. The van der Waals surface area contributed by atoms with Crippen LogP contribution in [0.15, 0.2) is 22.8 Å². The van der Waals surface area contributed by atoms with Crippen LogP contribution in [0.2, 0.25) is 0 Å². The molecule has 7 heteroatoms. The maximum Gasteiger partial charge on any atom is 0.245 e. The molecule has 2 amide bonds. The number of hydrogen-bond acceptors (Lipinski definition) is 4. The van der Waals surface area contributed by atoms with Gasteiger partial charge in [0.1, 0.15) is 5.82 Å². The van der Waals surface area contributed by atoms with E-state index < -0.39 is 0 Å². The first-order chi connectivity index (χ1) is 8.93. The van der Waals surface area contributed by atoms with Gasteiger partial charge in [0.15, 0.2) is 0 Å². The van der Waals surface area contributed by atoms with Crippen molar-refractivity contribution in [1.82, 2.24) is 9.88 Å². The third kappa shape index (κ3) is 5.20. The van der Waals surface area contributed by atoms with E-state index in [1.165, 1.54) is 16.7 Å². The van der Waals surface area contributed by atoms with Gasteiger partial charge in [-0.2, -0.15) is 11.8 Å². The highest BCUT2D eigenvalue weighted by atomic mass is 79.9. The Morgan fingerprint density at radius 2 is 2.21 bits per heavy atom. The maximum atomic E-state index is 11.8. The van der Waals surface area contributed by atoms with Crippen molar-refractivity contribution in [2.75, 3.05) is 25.2 Å². The molecule has 0 saturated heterocycles. The number of halogens is 1. The minimum absolute atomic E-state index is 0.0154. The topological polar surface area (TPSA) is 62.3 Å². The predicted molar refractivity (Wildman–Crippen MR) is 81.2 cm³/mol. The molecule has 0 saturated carbocycles. The molecule has 0 aromatic carbocycles. The lowest BCUT2D eigenvalue weighted by Gasteiger charge is -2.19. The number of carbonyl (C=O) groups excluding carboxylic acids is 2. The van der Waals surface area contributed by atoms with Gasteiger partial charge < -0.3 is 10.2 Å². The highest BCUT2D eigenvalue weighted by molar-refractivity contribution is 9.10. The summed E-state index contributed by atoms with van der Waals surface area (Å²) in [6.07, 6.45) is 3.46. The van der Waals surface area contributed by atoms with Crippen LogP contribution in [0, 0.1) is 0 Å². The molecule has 19 heavy (non-hydrogen) atoms. The van der Waals surface area contributed by atoms with Gasteiger partial charge in [0.2, 0.25) is 11.8 Å². The van der Waals surface area contributed by atoms with Crippen LogP contribution in [0.5, 0.6) is 0 Å². The van der Waals surface area contributed by atoms with Crippen molar-refractivity contribution in [3.8, 4) is 0 Å². The molecular weight excluding hydrogens is 330 g/mol. The van der Waals surface area contributed by atoms with Crippen molar-refractivity contribution in [2.24, 2.45) is 0 Å². The summed E-state index contributed by atoms with van der Waals surface area (Å²) < 4.78 is 0.839. The molecule has 1 atom stereocenters. The zero-order chi connectivity index (χ0) is 14.4. The number of amides is 2. The normalized spacial score (nSPS) is 11.8.